The van der Waals surface area contributed by atoms with Gasteiger partial charge in [0.2, 0.25) is 5.78 Å². The van der Waals surface area contributed by atoms with Crippen molar-refractivity contribution in [3.8, 4) is 0 Å². The Balaban J connectivity index is 2.38. The van der Waals surface area contributed by atoms with Crippen LogP contribution in [0.25, 0.3) is 5.53 Å². The SMILES string of the molecule is CO/N=C/[C@@H]1Cc2ccccc2CN1C(=O)C(=[N+]=[N-])C(C)=O. The number of fused-ring (bicyclic) bond motifs is 1. The third-order valence-corrected chi connectivity index (χ3v) is 3.52. The summed E-state index contributed by atoms with van der Waals surface area (Å²) in [6, 6.07) is 7.34. The van der Waals surface area contributed by atoms with Crippen LogP contribution in [0.1, 0.15) is 18.1 Å². The van der Waals surface area contributed by atoms with Crippen LogP contribution in [0.5, 0.6) is 0 Å². The smallest absolute Gasteiger partial charge is 0.399 e. The Kier molecular flexibility index (Phi) is 4.80. The summed E-state index contributed by atoms with van der Waals surface area (Å²) < 4.78 is 0. The predicted molar refractivity (Wildman–Crippen MR) is 79.3 cm³/mol. The van der Waals surface area contributed by atoms with Gasteiger partial charge in [-0.15, -0.1) is 0 Å². The molecule has 7 heteroatoms. The number of ketones is 1. The lowest BCUT2D eigenvalue weighted by atomic mass is 9.94. The first kappa shape index (κ1) is 15.6. The van der Waals surface area contributed by atoms with E-state index in [4.69, 9.17) is 5.53 Å². The minimum Gasteiger partial charge on any atom is -0.399 e. The molecule has 1 amide bonds. The summed E-state index contributed by atoms with van der Waals surface area (Å²) in [5, 5.41) is 3.72. The highest BCUT2D eigenvalue weighted by Crippen LogP contribution is 2.23. The standard InChI is InChI=1S/C15H16N4O3/c1-10(20)14(18-16)15(21)19-9-12-6-4-3-5-11(12)7-13(19)8-17-22-2/h3-6,8,13H,7,9H2,1-2H3/b17-8+/t13-/m0/s1. The van der Waals surface area contributed by atoms with Gasteiger partial charge in [-0.25, -0.2) is 0 Å². The van der Waals surface area contributed by atoms with E-state index in [9.17, 15) is 9.59 Å². The van der Waals surface area contributed by atoms with Crippen LogP contribution in [-0.2, 0) is 27.4 Å². The lowest BCUT2D eigenvalue weighted by Crippen LogP contribution is -2.49. The zero-order valence-electron chi connectivity index (χ0n) is 12.4. The normalized spacial score (nSPS) is 16.8. The zero-order valence-corrected chi connectivity index (χ0v) is 12.4. The highest BCUT2D eigenvalue weighted by atomic mass is 16.6. The first-order valence-corrected chi connectivity index (χ1v) is 6.75. The number of amides is 1. The topological polar surface area (TPSA) is 95.4 Å². The maximum absolute atomic E-state index is 12.5. The maximum atomic E-state index is 12.5. The van der Waals surface area contributed by atoms with Gasteiger partial charge in [0.25, 0.3) is 0 Å². The molecule has 0 radical (unpaired) electrons. The van der Waals surface area contributed by atoms with Crippen molar-refractivity contribution in [2.24, 2.45) is 5.16 Å². The Hall–Kier alpha value is -2.79. The zero-order chi connectivity index (χ0) is 16.1. The molecule has 1 atom stereocenters. The largest absolute Gasteiger partial charge is 0.421 e. The first-order chi connectivity index (χ1) is 10.6. The molecule has 1 aromatic carbocycles. The maximum Gasteiger partial charge on any atom is 0.421 e. The molecule has 114 valence electrons. The molecule has 0 aromatic heterocycles. The summed E-state index contributed by atoms with van der Waals surface area (Å²) in [6.45, 7) is 1.49. The summed E-state index contributed by atoms with van der Waals surface area (Å²) in [4.78, 5) is 32.9. The lowest BCUT2D eigenvalue weighted by Gasteiger charge is -2.33. The number of carbonyl (C=O) groups is 2. The van der Waals surface area contributed by atoms with Crippen molar-refractivity contribution in [1.29, 1.82) is 0 Å². The van der Waals surface area contributed by atoms with Gasteiger partial charge in [-0.2, -0.15) is 4.79 Å². The number of oxime groups is 1. The quantitative estimate of drug-likeness (QED) is 0.271. The predicted octanol–water partition coefficient (Wildman–Crippen LogP) is 0.832. The van der Waals surface area contributed by atoms with Crippen molar-refractivity contribution in [3.05, 3.63) is 40.9 Å². The number of rotatable bonds is 4. The minimum atomic E-state index is -0.628. The third kappa shape index (κ3) is 3.10. The molecule has 1 heterocycles. The molecule has 7 nitrogen and oxygen atoms in total. The van der Waals surface area contributed by atoms with Crippen molar-refractivity contribution in [3.63, 3.8) is 0 Å². The van der Waals surface area contributed by atoms with Gasteiger partial charge in [0.15, 0.2) is 0 Å². The van der Waals surface area contributed by atoms with Gasteiger partial charge in [0, 0.05) is 13.5 Å². The summed E-state index contributed by atoms with van der Waals surface area (Å²) in [7, 11) is 1.41. The van der Waals surface area contributed by atoms with Gasteiger partial charge in [-0.1, -0.05) is 29.4 Å². The molecular weight excluding hydrogens is 284 g/mol. The van der Waals surface area contributed by atoms with Crippen LogP contribution in [0.2, 0.25) is 0 Å². The van der Waals surface area contributed by atoms with E-state index in [1.165, 1.54) is 25.1 Å². The Morgan fingerprint density at radius 3 is 2.68 bits per heavy atom. The summed E-state index contributed by atoms with van der Waals surface area (Å²) >= 11 is 0. The highest BCUT2D eigenvalue weighted by molar-refractivity contribution is 6.63. The summed E-state index contributed by atoms with van der Waals surface area (Å²) in [6.07, 6.45) is 2.05. The second kappa shape index (κ2) is 6.78. The van der Waals surface area contributed by atoms with Crippen LogP contribution in [0.4, 0.5) is 0 Å². The van der Waals surface area contributed by atoms with Gasteiger partial charge < -0.3 is 15.3 Å². The van der Waals surface area contributed by atoms with E-state index in [-0.39, 0.29) is 6.04 Å². The Morgan fingerprint density at radius 2 is 2.09 bits per heavy atom. The number of carbonyl (C=O) groups excluding carboxylic acids is 2. The van der Waals surface area contributed by atoms with Gasteiger partial charge in [-0.3, -0.25) is 9.59 Å². The molecule has 0 fully saturated rings. The van der Waals surface area contributed by atoms with Crippen LogP contribution < -0.4 is 0 Å². The second-order valence-electron chi connectivity index (χ2n) is 4.92. The molecule has 1 aliphatic rings. The van der Waals surface area contributed by atoms with Crippen molar-refractivity contribution in [1.82, 2.24) is 4.90 Å². The van der Waals surface area contributed by atoms with Crippen LogP contribution in [0, 0.1) is 0 Å². The molecule has 0 spiro atoms. The molecular formula is C15H16N4O3. The number of benzene rings is 1. The number of Topliss-reactive ketones (excluding diaryl/α,β-unsaturated/α-hetero) is 1. The molecule has 1 aliphatic heterocycles. The van der Waals surface area contributed by atoms with E-state index in [2.05, 4.69) is 14.8 Å². The van der Waals surface area contributed by atoms with E-state index in [0.717, 1.165) is 11.1 Å². The van der Waals surface area contributed by atoms with E-state index >= 15 is 0 Å². The highest BCUT2D eigenvalue weighted by Gasteiger charge is 2.37. The van der Waals surface area contributed by atoms with Gasteiger partial charge in [0.05, 0.1) is 12.3 Å². The van der Waals surface area contributed by atoms with Crippen molar-refractivity contribution < 1.29 is 19.2 Å². The summed E-state index contributed by atoms with van der Waals surface area (Å²) in [5.41, 5.74) is 10.5. The molecule has 0 bridgehead atoms. The molecule has 1 aromatic rings. The molecule has 22 heavy (non-hydrogen) atoms. The molecule has 0 N–H and O–H groups in total. The Labute approximate surface area is 127 Å². The van der Waals surface area contributed by atoms with E-state index in [1.54, 1.807) is 0 Å². The van der Waals surface area contributed by atoms with Gasteiger partial charge in [0.1, 0.15) is 7.11 Å². The molecule has 0 saturated heterocycles. The van der Waals surface area contributed by atoms with Crippen LogP contribution >= 0.6 is 0 Å². The number of nitrogens with zero attached hydrogens (tertiary/aromatic N) is 4. The van der Waals surface area contributed by atoms with Crippen LogP contribution in [0.15, 0.2) is 29.4 Å². The third-order valence-electron chi connectivity index (χ3n) is 3.52. The Morgan fingerprint density at radius 1 is 1.41 bits per heavy atom. The van der Waals surface area contributed by atoms with Crippen LogP contribution in [0.3, 0.4) is 0 Å². The molecule has 0 aliphatic carbocycles. The van der Waals surface area contributed by atoms with E-state index in [1.807, 2.05) is 24.3 Å². The van der Waals surface area contributed by atoms with E-state index < -0.39 is 17.4 Å². The summed E-state index contributed by atoms with van der Waals surface area (Å²) in [5.74, 6) is -1.22. The van der Waals surface area contributed by atoms with Gasteiger partial charge >= 0.3 is 11.6 Å². The molecule has 2 rings (SSSR count). The fourth-order valence-electron chi connectivity index (χ4n) is 2.43. The fraction of sp³-hybridized carbons (Fsp3) is 0.333. The number of hydrogen-bond donors (Lipinski definition) is 0. The van der Waals surface area contributed by atoms with Crippen molar-refractivity contribution >= 4 is 23.6 Å². The van der Waals surface area contributed by atoms with E-state index in [0.29, 0.717) is 13.0 Å². The van der Waals surface area contributed by atoms with Crippen molar-refractivity contribution in [2.75, 3.05) is 7.11 Å². The number of hydrogen-bond acceptors (Lipinski definition) is 4. The van der Waals surface area contributed by atoms with Gasteiger partial charge in [-0.05, 0) is 17.5 Å². The molecule has 0 saturated carbocycles. The van der Waals surface area contributed by atoms with Crippen LogP contribution in [-0.4, -0.2) is 46.5 Å². The average molecular weight is 300 g/mol. The minimum absolute atomic E-state index is 0.307. The van der Waals surface area contributed by atoms with Crippen molar-refractivity contribution in [2.45, 2.75) is 25.9 Å². The molecule has 0 unspecified atom stereocenters. The second-order valence-corrected chi connectivity index (χ2v) is 4.92. The first-order valence-electron chi connectivity index (χ1n) is 6.75. The lowest BCUT2D eigenvalue weighted by molar-refractivity contribution is -0.133. The monoisotopic (exact) mass is 300 g/mol. The average Bonchev–Trinajstić information content (AvgIpc) is 2.52. The fourth-order valence-corrected chi connectivity index (χ4v) is 2.43. The Bertz CT molecular complexity index is 677.